The molecule has 40 heavy (non-hydrogen) atoms. The van der Waals surface area contributed by atoms with Gasteiger partial charge in [-0.2, -0.15) is 4.98 Å². The van der Waals surface area contributed by atoms with Crippen molar-refractivity contribution in [2.45, 2.75) is 45.4 Å². The molecule has 0 bridgehead atoms. The van der Waals surface area contributed by atoms with Crippen LogP contribution in [0.3, 0.4) is 0 Å². The van der Waals surface area contributed by atoms with Crippen LogP contribution in [0, 0.1) is 5.92 Å². The maximum atomic E-state index is 13.1. The van der Waals surface area contributed by atoms with E-state index in [0.29, 0.717) is 36.4 Å². The number of fused-ring (bicyclic) bond motifs is 1. The molecule has 0 spiro atoms. The van der Waals surface area contributed by atoms with E-state index < -0.39 is 0 Å². The molecule has 0 saturated carbocycles. The van der Waals surface area contributed by atoms with Crippen LogP contribution in [0.15, 0.2) is 77.3 Å². The van der Waals surface area contributed by atoms with Gasteiger partial charge in [0, 0.05) is 43.3 Å². The number of carbonyl (C=O) groups excluding carboxylic acids is 1. The molecule has 0 aliphatic carbocycles. The Morgan fingerprint density at radius 2 is 1.80 bits per heavy atom. The number of piperidine rings is 1. The van der Waals surface area contributed by atoms with Gasteiger partial charge in [-0.25, -0.2) is 0 Å². The zero-order chi connectivity index (χ0) is 27.3. The van der Waals surface area contributed by atoms with E-state index in [4.69, 9.17) is 16.1 Å². The van der Waals surface area contributed by atoms with E-state index in [1.807, 2.05) is 24.3 Å². The third-order valence-electron chi connectivity index (χ3n) is 7.86. The molecule has 1 unspecified atom stereocenters. The van der Waals surface area contributed by atoms with Crippen LogP contribution in [0.25, 0.3) is 11.4 Å². The molecule has 206 valence electrons. The number of halogens is 1. The van der Waals surface area contributed by atoms with Gasteiger partial charge < -0.3 is 9.84 Å². The summed E-state index contributed by atoms with van der Waals surface area (Å²) < 4.78 is 5.50. The lowest BCUT2D eigenvalue weighted by molar-refractivity contribution is -0.127. The number of nitrogens with zero attached hydrogens (tertiary/aromatic N) is 4. The van der Waals surface area contributed by atoms with Crippen molar-refractivity contribution < 1.29 is 9.32 Å². The normalized spacial score (nSPS) is 17.9. The lowest BCUT2D eigenvalue weighted by Crippen LogP contribution is -2.42. The van der Waals surface area contributed by atoms with Gasteiger partial charge in [-0.15, -0.1) is 0 Å². The third kappa shape index (κ3) is 6.61. The Morgan fingerprint density at radius 1 is 0.950 bits per heavy atom. The first kappa shape index (κ1) is 26.7. The highest BCUT2D eigenvalue weighted by Crippen LogP contribution is 2.23. The van der Waals surface area contributed by atoms with Gasteiger partial charge in [0.2, 0.25) is 17.6 Å². The Labute approximate surface area is 240 Å². The van der Waals surface area contributed by atoms with Gasteiger partial charge >= 0.3 is 0 Å². The largest absolute Gasteiger partial charge is 0.352 e. The van der Waals surface area contributed by atoms with Crippen molar-refractivity contribution >= 4 is 17.5 Å². The van der Waals surface area contributed by atoms with Gasteiger partial charge in [0.25, 0.3) is 0 Å². The zero-order valence-corrected chi connectivity index (χ0v) is 23.3. The number of hydrogen-bond acceptors (Lipinski definition) is 6. The number of rotatable bonds is 8. The summed E-state index contributed by atoms with van der Waals surface area (Å²) in [5.74, 6) is 1.12. The molecule has 2 aliphatic rings. The molecule has 1 saturated heterocycles. The molecular formula is C32H34ClN5O2. The molecule has 1 amide bonds. The van der Waals surface area contributed by atoms with Gasteiger partial charge in [-0.1, -0.05) is 77.4 Å². The monoisotopic (exact) mass is 555 g/mol. The van der Waals surface area contributed by atoms with Crippen molar-refractivity contribution in [2.75, 3.05) is 19.6 Å². The molecule has 1 atom stereocenters. The molecule has 1 aromatic heterocycles. The fourth-order valence-corrected chi connectivity index (χ4v) is 5.98. The molecule has 3 heterocycles. The molecule has 1 fully saturated rings. The first-order chi connectivity index (χ1) is 19.6. The van der Waals surface area contributed by atoms with Crippen molar-refractivity contribution in [1.29, 1.82) is 0 Å². The summed E-state index contributed by atoms with van der Waals surface area (Å²) in [7, 11) is 0. The van der Waals surface area contributed by atoms with Gasteiger partial charge in [0.1, 0.15) is 0 Å². The Morgan fingerprint density at radius 3 is 2.70 bits per heavy atom. The van der Waals surface area contributed by atoms with Gasteiger partial charge in [-0.05, 0) is 60.2 Å². The second-order valence-electron chi connectivity index (χ2n) is 10.9. The standard InChI is InChI=1S/C32H34ClN5O2/c33-29-12-4-10-26(17-29)31-35-30(40-36-31)22-37-14-5-11-28(21-37)32(39)34-18-23-6-3-7-24(16-23)19-38-15-13-25-8-1-2-9-27(25)20-38/h1-4,6-10,12,16-17,28H,5,11,13-15,18-22H2,(H,34,39). The summed E-state index contributed by atoms with van der Waals surface area (Å²) in [5, 5.41) is 7.93. The van der Waals surface area contributed by atoms with E-state index in [2.05, 4.69) is 73.8 Å². The van der Waals surface area contributed by atoms with Crippen molar-refractivity contribution in [3.8, 4) is 11.4 Å². The minimum Gasteiger partial charge on any atom is -0.352 e. The average molecular weight is 556 g/mol. The summed E-state index contributed by atoms with van der Waals surface area (Å²) in [6.07, 6.45) is 2.94. The second-order valence-corrected chi connectivity index (χ2v) is 11.3. The number of benzene rings is 3. The van der Waals surface area contributed by atoms with Crippen LogP contribution in [-0.2, 0) is 37.4 Å². The molecular weight excluding hydrogens is 522 g/mol. The van der Waals surface area contributed by atoms with Crippen molar-refractivity contribution in [1.82, 2.24) is 25.3 Å². The first-order valence-corrected chi connectivity index (χ1v) is 14.4. The second kappa shape index (κ2) is 12.3. The van der Waals surface area contributed by atoms with Crippen LogP contribution in [-0.4, -0.2) is 45.5 Å². The molecule has 8 heteroatoms. The van der Waals surface area contributed by atoms with Crippen LogP contribution < -0.4 is 5.32 Å². The Kier molecular flexibility index (Phi) is 8.23. The van der Waals surface area contributed by atoms with Crippen molar-refractivity contribution in [3.05, 3.63) is 106 Å². The summed E-state index contributed by atoms with van der Waals surface area (Å²) in [5.41, 5.74) is 6.14. The fourth-order valence-electron chi connectivity index (χ4n) is 5.79. The highest BCUT2D eigenvalue weighted by molar-refractivity contribution is 6.30. The Hall–Kier alpha value is -3.52. The first-order valence-electron chi connectivity index (χ1n) is 14.0. The summed E-state index contributed by atoms with van der Waals surface area (Å²) in [4.78, 5) is 22.4. The van der Waals surface area contributed by atoms with E-state index in [9.17, 15) is 4.79 Å². The molecule has 4 aromatic rings. The van der Waals surface area contributed by atoms with Gasteiger partial charge in [0.05, 0.1) is 12.5 Å². The SMILES string of the molecule is O=C(NCc1cccc(CN2CCc3ccccc3C2)c1)C1CCCN(Cc2nc(-c3cccc(Cl)c3)no2)C1. The van der Waals surface area contributed by atoms with Crippen LogP contribution in [0.2, 0.25) is 5.02 Å². The number of hydrogen-bond donors (Lipinski definition) is 1. The number of carbonyl (C=O) groups is 1. The highest BCUT2D eigenvalue weighted by Gasteiger charge is 2.27. The number of nitrogens with one attached hydrogen (secondary N) is 1. The minimum absolute atomic E-state index is 0.0549. The molecule has 7 nitrogen and oxygen atoms in total. The quantitative estimate of drug-likeness (QED) is 0.310. The van der Waals surface area contributed by atoms with Crippen LogP contribution >= 0.6 is 11.6 Å². The molecule has 0 radical (unpaired) electrons. The molecule has 1 N–H and O–H groups in total. The Balaban J connectivity index is 0.996. The van der Waals surface area contributed by atoms with Crippen LogP contribution in [0.5, 0.6) is 0 Å². The van der Waals surface area contributed by atoms with E-state index in [0.717, 1.165) is 56.6 Å². The Bertz CT molecular complexity index is 1470. The number of aromatic nitrogens is 2. The van der Waals surface area contributed by atoms with E-state index in [1.54, 1.807) is 0 Å². The lowest BCUT2D eigenvalue weighted by atomic mass is 9.97. The summed E-state index contributed by atoms with van der Waals surface area (Å²) in [6.45, 7) is 5.63. The fraction of sp³-hybridized carbons (Fsp3) is 0.344. The van der Waals surface area contributed by atoms with E-state index in [-0.39, 0.29) is 11.8 Å². The van der Waals surface area contributed by atoms with Crippen LogP contribution in [0.1, 0.15) is 41.0 Å². The smallest absolute Gasteiger partial charge is 0.241 e. The number of likely N-dealkylation sites (tertiary alicyclic amines) is 1. The summed E-state index contributed by atoms with van der Waals surface area (Å²) in [6, 6.07) is 24.7. The summed E-state index contributed by atoms with van der Waals surface area (Å²) >= 11 is 6.10. The van der Waals surface area contributed by atoms with Gasteiger partial charge in [0.15, 0.2) is 0 Å². The average Bonchev–Trinajstić information content (AvgIpc) is 3.45. The predicted octanol–water partition coefficient (Wildman–Crippen LogP) is 5.48. The highest BCUT2D eigenvalue weighted by atomic mass is 35.5. The third-order valence-corrected chi connectivity index (χ3v) is 8.10. The van der Waals surface area contributed by atoms with Crippen molar-refractivity contribution in [3.63, 3.8) is 0 Å². The van der Waals surface area contributed by atoms with E-state index >= 15 is 0 Å². The maximum Gasteiger partial charge on any atom is 0.241 e. The molecule has 3 aromatic carbocycles. The van der Waals surface area contributed by atoms with Gasteiger partial charge in [-0.3, -0.25) is 14.6 Å². The zero-order valence-electron chi connectivity index (χ0n) is 22.6. The maximum absolute atomic E-state index is 13.1. The predicted molar refractivity (Wildman–Crippen MR) is 155 cm³/mol. The minimum atomic E-state index is -0.0549. The van der Waals surface area contributed by atoms with E-state index in [1.165, 1.54) is 16.7 Å². The topological polar surface area (TPSA) is 74.5 Å². The molecule has 2 aliphatic heterocycles. The molecule has 6 rings (SSSR count). The van der Waals surface area contributed by atoms with Crippen molar-refractivity contribution in [2.24, 2.45) is 5.92 Å². The number of amides is 1. The lowest BCUT2D eigenvalue weighted by Gasteiger charge is -2.31. The van der Waals surface area contributed by atoms with Crippen LogP contribution in [0.4, 0.5) is 0 Å².